The number of aliphatic hydroxyl groups is 2. The van der Waals surface area contributed by atoms with Crippen molar-refractivity contribution in [3.05, 3.63) is 12.7 Å². The molecule has 0 rings (SSSR count). The van der Waals surface area contributed by atoms with Crippen molar-refractivity contribution in [2.75, 3.05) is 13.6 Å². The van der Waals surface area contributed by atoms with Crippen molar-refractivity contribution in [3.8, 4) is 0 Å². The third kappa shape index (κ3) is 2.96. The Kier molecular flexibility index (Phi) is 4.27. The zero-order valence-corrected chi connectivity index (χ0v) is 6.49. The molecule has 0 aromatic rings. The van der Waals surface area contributed by atoms with E-state index in [2.05, 4.69) is 6.58 Å². The van der Waals surface area contributed by atoms with Gasteiger partial charge in [-0.3, -0.25) is 4.90 Å². The van der Waals surface area contributed by atoms with Gasteiger partial charge in [-0.05, 0) is 14.0 Å². The maximum atomic E-state index is 9.15. The quantitative estimate of drug-likeness (QED) is 0.425. The highest BCUT2D eigenvalue weighted by molar-refractivity contribution is 4.74. The Hall–Kier alpha value is -0.380. The average Bonchev–Trinajstić information content (AvgIpc) is 1.87. The number of aliphatic hydroxyl groups excluding tert-OH is 2. The summed E-state index contributed by atoms with van der Waals surface area (Å²) in [6.07, 6.45) is 0.161. The Morgan fingerprint density at radius 2 is 2.10 bits per heavy atom. The van der Waals surface area contributed by atoms with Crippen molar-refractivity contribution < 1.29 is 10.2 Å². The topological polar surface area (TPSA) is 43.7 Å². The molecule has 0 spiro atoms. The lowest BCUT2D eigenvalue weighted by molar-refractivity contribution is -0.0592. The molecule has 60 valence electrons. The Balaban J connectivity index is 3.68. The first-order chi connectivity index (χ1) is 4.59. The summed E-state index contributed by atoms with van der Waals surface area (Å²) < 4.78 is 0. The standard InChI is InChI=1S/C7H15NO2/c1-4-5-8(3)7(10)6(2)9/h4,6-7,9-10H,1,5H2,2-3H3. The van der Waals surface area contributed by atoms with Crippen LogP contribution >= 0.6 is 0 Å². The summed E-state index contributed by atoms with van der Waals surface area (Å²) >= 11 is 0. The van der Waals surface area contributed by atoms with Gasteiger partial charge >= 0.3 is 0 Å². The first-order valence-corrected chi connectivity index (χ1v) is 3.27. The predicted octanol–water partition coefficient (Wildman–Crippen LogP) is -0.197. The number of hydrogen-bond acceptors (Lipinski definition) is 3. The molecule has 0 radical (unpaired) electrons. The van der Waals surface area contributed by atoms with Crippen LogP contribution in [0.1, 0.15) is 6.92 Å². The molecule has 0 saturated carbocycles. The van der Waals surface area contributed by atoms with E-state index in [0.717, 1.165) is 0 Å². The Labute approximate surface area is 61.6 Å². The third-order valence-electron chi connectivity index (χ3n) is 1.30. The van der Waals surface area contributed by atoms with E-state index >= 15 is 0 Å². The summed E-state index contributed by atoms with van der Waals surface area (Å²) in [5.74, 6) is 0. The number of hydrogen-bond donors (Lipinski definition) is 2. The molecule has 2 atom stereocenters. The van der Waals surface area contributed by atoms with Crippen LogP contribution in [0.5, 0.6) is 0 Å². The fourth-order valence-corrected chi connectivity index (χ4v) is 0.680. The minimum Gasteiger partial charge on any atom is -0.389 e. The SMILES string of the molecule is C=CCN(C)C(O)C(C)O. The molecule has 0 aliphatic heterocycles. The maximum absolute atomic E-state index is 9.15. The Morgan fingerprint density at radius 1 is 1.60 bits per heavy atom. The van der Waals surface area contributed by atoms with E-state index in [0.29, 0.717) is 6.54 Å². The van der Waals surface area contributed by atoms with E-state index in [1.165, 1.54) is 0 Å². The molecule has 2 unspecified atom stereocenters. The molecule has 0 aromatic heterocycles. The van der Waals surface area contributed by atoms with Gasteiger partial charge in [0.25, 0.3) is 0 Å². The molecule has 0 saturated heterocycles. The Morgan fingerprint density at radius 3 is 2.40 bits per heavy atom. The highest BCUT2D eigenvalue weighted by Gasteiger charge is 2.14. The summed E-state index contributed by atoms with van der Waals surface area (Å²) in [5.41, 5.74) is 0. The van der Waals surface area contributed by atoms with Gasteiger partial charge in [-0.25, -0.2) is 0 Å². The third-order valence-corrected chi connectivity index (χ3v) is 1.30. The van der Waals surface area contributed by atoms with Gasteiger partial charge in [0.05, 0.1) is 6.10 Å². The van der Waals surface area contributed by atoms with E-state index in [1.54, 1.807) is 24.9 Å². The second-order valence-corrected chi connectivity index (χ2v) is 2.38. The largest absolute Gasteiger partial charge is 0.389 e. The lowest BCUT2D eigenvalue weighted by atomic mass is 10.3. The first kappa shape index (κ1) is 9.62. The lowest BCUT2D eigenvalue weighted by Gasteiger charge is -2.23. The highest BCUT2D eigenvalue weighted by Crippen LogP contribution is 1.97. The van der Waals surface area contributed by atoms with Crippen molar-refractivity contribution in [2.45, 2.75) is 19.3 Å². The molecular weight excluding hydrogens is 130 g/mol. The fraction of sp³-hybridized carbons (Fsp3) is 0.714. The van der Waals surface area contributed by atoms with E-state index in [-0.39, 0.29) is 0 Å². The molecule has 0 aliphatic carbocycles. The molecule has 0 bridgehead atoms. The van der Waals surface area contributed by atoms with Gasteiger partial charge in [0.1, 0.15) is 6.23 Å². The molecular formula is C7H15NO2. The van der Waals surface area contributed by atoms with Gasteiger partial charge < -0.3 is 10.2 Å². The fourth-order valence-electron chi connectivity index (χ4n) is 0.680. The molecule has 3 nitrogen and oxygen atoms in total. The summed E-state index contributed by atoms with van der Waals surface area (Å²) in [5, 5.41) is 18.0. The van der Waals surface area contributed by atoms with Crippen LogP contribution in [-0.2, 0) is 0 Å². The second kappa shape index (κ2) is 4.44. The second-order valence-electron chi connectivity index (χ2n) is 2.38. The van der Waals surface area contributed by atoms with E-state index in [4.69, 9.17) is 10.2 Å². The van der Waals surface area contributed by atoms with Gasteiger partial charge in [0, 0.05) is 6.54 Å². The minimum absolute atomic E-state index is 0.575. The van der Waals surface area contributed by atoms with Crippen LogP contribution in [0.4, 0.5) is 0 Å². The summed E-state index contributed by atoms with van der Waals surface area (Å²) in [7, 11) is 1.72. The molecule has 2 N–H and O–H groups in total. The summed E-state index contributed by atoms with van der Waals surface area (Å²) in [6.45, 7) is 5.63. The Bertz CT molecular complexity index is 104. The van der Waals surface area contributed by atoms with Crippen molar-refractivity contribution in [2.24, 2.45) is 0 Å². The number of rotatable bonds is 4. The van der Waals surface area contributed by atoms with Crippen LogP contribution in [0.2, 0.25) is 0 Å². The zero-order valence-electron chi connectivity index (χ0n) is 6.49. The molecule has 0 aliphatic rings. The first-order valence-electron chi connectivity index (χ1n) is 3.27. The summed E-state index contributed by atoms with van der Waals surface area (Å²) in [6, 6.07) is 0. The summed E-state index contributed by atoms with van der Waals surface area (Å²) in [4.78, 5) is 1.61. The molecule has 0 aromatic carbocycles. The van der Waals surface area contributed by atoms with Crippen molar-refractivity contribution in [3.63, 3.8) is 0 Å². The van der Waals surface area contributed by atoms with Gasteiger partial charge in [0.15, 0.2) is 0 Å². The van der Waals surface area contributed by atoms with E-state index in [9.17, 15) is 0 Å². The van der Waals surface area contributed by atoms with E-state index < -0.39 is 12.3 Å². The monoisotopic (exact) mass is 145 g/mol. The van der Waals surface area contributed by atoms with Crippen LogP contribution in [-0.4, -0.2) is 41.0 Å². The molecule has 0 amide bonds. The number of likely N-dealkylation sites (N-methyl/N-ethyl adjacent to an activating group) is 1. The van der Waals surface area contributed by atoms with E-state index in [1.807, 2.05) is 0 Å². The van der Waals surface area contributed by atoms with Crippen LogP contribution in [0.15, 0.2) is 12.7 Å². The van der Waals surface area contributed by atoms with Crippen LogP contribution in [0, 0.1) is 0 Å². The zero-order chi connectivity index (χ0) is 8.15. The normalized spacial score (nSPS) is 16.9. The molecule has 0 fully saturated rings. The van der Waals surface area contributed by atoms with Crippen molar-refractivity contribution >= 4 is 0 Å². The van der Waals surface area contributed by atoms with Gasteiger partial charge in [-0.1, -0.05) is 6.08 Å². The van der Waals surface area contributed by atoms with Crippen molar-refractivity contribution in [1.29, 1.82) is 0 Å². The van der Waals surface area contributed by atoms with Crippen LogP contribution in [0.3, 0.4) is 0 Å². The van der Waals surface area contributed by atoms with Crippen LogP contribution in [0.25, 0.3) is 0 Å². The lowest BCUT2D eigenvalue weighted by Crippen LogP contribution is -2.39. The van der Waals surface area contributed by atoms with Gasteiger partial charge in [-0.2, -0.15) is 0 Å². The highest BCUT2D eigenvalue weighted by atomic mass is 16.3. The van der Waals surface area contributed by atoms with Gasteiger partial charge in [-0.15, -0.1) is 6.58 Å². The molecule has 3 heteroatoms. The molecule has 0 heterocycles. The number of nitrogens with zero attached hydrogens (tertiary/aromatic N) is 1. The molecule has 10 heavy (non-hydrogen) atoms. The van der Waals surface area contributed by atoms with Crippen molar-refractivity contribution in [1.82, 2.24) is 4.90 Å². The smallest absolute Gasteiger partial charge is 0.133 e. The maximum Gasteiger partial charge on any atom is 0.133 e. The van der Waals surface area contributed by atoms with Crippen LogP contribution < -0.4 is 0 Å². The van der Waals surface area contributed by atoms with Gasteiger partial charge in [0.2, 0.25) is 0 Å². The predicted molar refractivity (Wildman–Crippen MR) is 40.5 cm³/mol. The minimum atomic E-state index is -0.794. The average molecular weight is 145 g/mol.